The van der Waals surface area contributed by atoms with Crippen LogP contribution in [0.2, 0.25) is 0 Å². The quantitative estimate of drug-likeness (QED) is 0.307. The molecule has 2 nitrogen and oxygen atoms in total. The van der Waals surface area contributed by atoms with Crippen molar-refractivity contribution in [2.24, 2.45) is 5.92 Å². The van der Waals surface area contributed by atoms with Gasteiger partial charge in [0.05, 0.1) is 11.6 Å². The number of allylic oxidation sites excluding steroid dienone is 1. The van der Waals surface area contributed by atoms with E-state index in [4.69, 9.17) is 10.00 Å². The van der Waals surface area contributed by atoms with Crippen molar-refractivity contribution in [1.29, 1.82) is 5.26 Å². The summed E-state index contributed by atoms with van der Waals surface area (Å²) in [6.45, 7) is 5.62. The van der Waals surface area contributed by atoms with E-state index < -0.39 is 0 Å². The minimum atomic E-state index is 0.691. The zero-order valence-corrected chi connectivity index (χ0v) is 16.3. The molecule has 0 aromatic heterocycles. The van der Waals surface area contributed by atoms with Gasteiger partial charge in [-0.1, -0.05) is 31.1 Å². The van der Waals surface area contributed by atoms with Gasteiger partial charge in [-0.3, -0.25) is 0 Å². The van der Waals surface area contributed by atoms with E-state index in [0.717, 1.165) is 31.1 Å². The van der Waals surface area contributed by atoms with Gasteiger partial charge in [0, 0.05) is 13.2 Å². The summed E-state index contributed by atoms with van der Waals surface area (Å²) in [5.41, 5.74) is 2.18. The highest BCUT2D eigenvalue weighted by atomic mass is 16.5. The van der Waals surface area contributed by atoms with Crippen LogP contribution in [0.4, 0.5) is 0 Å². The van der Waals surface area contributed by atoms with Crippen LogP contribution in [0, 0.1) is 17.2 Å². The van der Waals surface area contributed by atoms with Gasteiger partial charge >= 0.3 is 0 Å². The van der Waals surface area contributed by atoms with E-state index in [9.17, 15) is 0 Å². The molecule has 0 amide bonds. The van der Waals surface area contributed by atoms with Gasteiger partial charge in [0.15, 0.2) is 0 Å². The molecule has 26 heavy (non-hydrogen) atoms. The molecule has 1 saturated carbocycles. The number of rotatable bonds is 12. The van der Waals surface area contributed by atoms with E-state index in [1.54, 1.807) is 0 Å². The van der Waals surface area contributed by atoms with Crippen LogP contribution in [-0.2, 0) is 4.74 Å². The Morgan fingerprint density at radius 1 is 0.962 bits per heavy atom. The Balaban J connectivity index is 1.49. The molecule has 1 aromatic carbocycles. The fraction of sp³-hybridized carbons (Fsp3) is 0.625. The van der Waals surface area contributed by atoms with Gasteiger partial charge in [-0.2, -0.15) is 5.26 Å². The molecule has 1 aliphatic carbocycles. The summed E-state index contributed by atoms with van der Waals surface area (Å²) >= 11 is 0. The summed E-state index contributed by atoms with van der Waals surface area (Å²) in [7, 11) is 0. The fourth-order valence-electron chi connectivity index (χ4n) is 4.04. The number of ether oxygens (including phenoxy) is 1. The summed E-state index contributed by atoms with van der Waals surface area (Å²) < 4.78 is 5.80. The molecule has 0 heterocycles. The Morgan fingerprint density at radius 2 is 1.65 bits per heavy atom. The number of benzene rings is 1. The van der Waals surface area contributed by atoms with Crippen molar-refractivity contribution >= 4 is 0 Å². The predicted molar refractivity (Wildman–Crippen MR) is 109 cm³/mol. The third-order valence-electron chi connectivity index (χ3n) is 5.71. The highest BCUT2D eigenvalue weighted by Gasteiger charge is 2.21. The molecule has 0 atom stereocenters. The van der Waals surface area contributed by atoms with Crippen molar-refractivity contribution in [3.63, 3.8) is 0 Å². The van der Waals surface area contributed by atoms with Crippen LogP contribution in [0.1, 0.15) is 87.7 Å². The average molecular weight is 354 g/mol. The zero-order chi connectivity index (χ0) is 18.5. The highest BCUT2D eigenvalue weighted by Crippen LogP contribution is 2.37. The average Bonchev–Trinajstić information content (AvgIpc) is 2.70. The zero-order valence-electron chi connectivity index (χ0n) is 16.3. The van der Waals surface area contributed by atoms with Gasteiger partial charge in [0.25, 0.3) is 0 Å². The van der Waals surface area contributed by atoms with Crippen molar-refractivity contribution in [3.05, 3.63) is 48.0 Å². The molecule has 142 valence electrons. The molecule has 0 N–H and O–H groups in total. The van der Waals surface area contributed by atoms with Crippen molar-refractivity contribution in [2.75, 3.05) is 13.2 Å². The van der Waals surface area contributed by atoms with Gasteiger partial charge in [0.2, 0.25) is 0 Å². The second-order valence-electron chi connectivity index (χ2n) is 7.70. The van der Waals surface area contributed by atoms with Crippen molar-refractivity contribution in [3.8, 4) is 6.07 Å². The maximum atomic E-state index is 8.90. The van der Waals surface area contributed by atoms with Crippen LogP contribution in [0.25, 0.3) is 0 Å². The Hall–Kier alpha value is -1.59. The summed E-state index contributed by atoms with van der Waals surface area (Å²) in [6, 6.07) is 10.4. The Labute approximate surface area is 160 Å². The molecular formula is C24H35NO. The fourth-order valence-corrected chi connectivity index (χ4v) is 4.04. The van der Waals surface area contributed by atoms with Crippen LogP contribution < -0.4 is 0 Å². The normalized spacial score (nSPS) is 19.8. The predicted octanol–water partition coefficient (Wildman–Crippen LogP) is 6.77. The number of nitriles is 1. The minimum absolute atomic E-state index is 0.691. The van der Waals surface area contributed by atoms with Crippen molar-refractivity contribution in [2.45, 2.75) is 76.5 Å². The third-order valence-corrected chi connectivity index (χ3v) is 5.71. The number of unbranched alkanes of at least 4 members (excludes halogenated alkanes) is 4. The molecule has 1 fully saturated rings. The van der Waals surface area contributed by atoms with Crippen LogP contribution in [-0.4, -0.2) is 13.2 Å². The molecule has 2 heteroatoms. The number of hydrogen-bond donors (Lipinski definition) is 0. The second kappa shape index (κ2) is 12.7. The largest absolute Gasteiger partial charge is 0.381 e. The number of nitrogens with zero attached hydrogens (tertiary/aromatic N) is 1. The topological polar surface area (TPSA) is 33.0 Å². The highest BCUT2D eigenvalue weighted by molar-refractivity contribution is 5.33. The molecule has 1 aliphatic rings. The SMILES string of the molecule is C=CCCCCCCOCCC[C@H]1CC[C@H](c2ccc(C#N)cc2)CC1. The molecule has 0 saturated heterocycles. The first-order valence-electron chi connectivity index (χ1n) is 10.5. The molecule has 0 unspecified atom stereocenters. The lowest BCUT2D eigenvalue weighted by molar-refractivity contribution is 0.120. The monoisotopic (exact) mass is 353 g/mol. The Kier molecular flexibility index (Phi) is 10.1. The van der Waals surface area contributed by atoms with E-state index >= 15 is 0 Å². The summed E-state index contributed by atoms with van der Waals surface area (Å²) in [5, 5.41) is 8.90. The first kappa shape index (κ1) is 20.7. The van der Waals surface area contributed by atoms with Gasteiger partial charge < -0.3 is 4.74 Å². The second-order valence-corrected chi connectivity index (χ2v) is 7.70. The van der Waals surface area contributed by atoms with Gasteiger partial charge in [-0.05, 0) is 87.3 Å². The first-order valence-corrected chi connectivity index (χ1v) is 10.5. The Bertz CT molecular complexity index is 534. The van der Waals surface area contributed by atoms with E-state index in [2.05, 4.69) is 24.8 Å². The summed E-state index contributed by atoms with van der Waals surface area (Å²) in [6.07, 6.45) is 16.0. The minimum Gasteiger partial charge on any atom is -0.381 e. The van der Waals surface area contributed by atoms with Crippen LogP contribution in [0.3, 0.4) is 0 Å². The molecule has 0 aliphatic heterocycles. The molecule has 1 aromatic rings. The molecule has 0 radical (unpaired) electrons. The van der Waals surface area contributed by atoms with Crippen LogP contribution in [0.15, 0.2) is 36.9 Å². The van der Waals surface area contributed by atoms with E-state index in [0.29, 0.717) is 5.92 Å². The van der Waals surface area contributed by atoms with E-state index in [1.807, 2.05) is 18.2 Å². The standard InChI is InChI=1S/C24H35NO/c1-2-3-4-5-6-7-18-26-19-8-9-21-10-14-23(15-11-21)24-16-12-22(20-25)13-17-24/h2,12-13,16-17,21,23H,1,3-11,14-15,18-19H2/t21-,23-. The lowest BCUT2D eigenvalue weighted by Crippen LogP contribution is -2.14. The van der Waals surface area contributed by atoms with Crippen molar-refractivity contribution in [1.82, 2.24) is 0 Å². The smallest absolute Gasteiger partial charge is 0.0991 e. The molecule has 0 spiro atoms. The summed E-state index contributed by atoms with van der Waals surface area (Å²) in [5.74, 6) is 1.57. The lowest BCUT2D eigenvalue weighted by Gasteiger charge is -2.28. The van der Waals surface area contributed by atoms with Crippen molar-refractivity contribution < 1.29 is 4.74 Å². The van der Waals surface area contributed by atoms with Crippen LogP contribution in [0.5, 0.6) is 0 Å². The van der Waals surface area contributed by atoms with Gasteiger partial charge in [-0.15, -0.1) is 6.58 Å². The third kappa shape index (κ3) is 7.75. The molecular weight excluding hydrogens is 318 g/mol. The number of hydrogen-bond acceptors (Lipinski definition) is 2. The maximum Gasteiger partial charge on any atom is 0.0991 e. The van der Waals surface area contributed by atoms with Gasteiger partial charge in [0.1, 0.15) is 0 Å². The summed E-state index contributed by atoms with van der Waals surface area (Å²) in [4.78, 5) is 0. The van der Waals surface area contributed by atoms with Crippen LogP contribution >= 0.6 is 0 Å². The molecule has 2 rings (SSSR count). The lowest BCUT2D eigenvalue weighted by atomic mass is 9.77. The van der Waals surface area contributed by atoms with E-state index in [1.165, 1.54) is 69.8 Å². The van der Waals surface area contributed by atoms with Gasteiger partial charge in [-0.25, -0.2) is 0 Å². The maximum absolute atomic E-state index is 8.90. The van der Waals surface area contributed by atoms with E-state index in [-0.39, 0.29) is 0 Å². The molecule has 0 bridgehead atoms. The first-order chi connectivity index (χ1) is 12.8. The Morgan fingerprint density at radius 3 is 2.35 bits per heavy atom.